The van der Waals surface area contributed by atoms with Crippen molar-refractivity contribution in [1.29, 1.82) is 0 Å². The molecule has 7 heteroatoms. The first kappa shape index (κ1) is 18.9. The lowest BCUT2D eigenvalue weighted by molar-refractivity contribution is -0.121. The standard InChI is InChI=1S/C21H19ClN2O3S/c22-21-17-7-3-1-5-15(17)19(16-6-2-4-8-18(16)21)12-23-24-20(25)11-14-9-10-28(26,27)13-14/h1-8,12,14H,9-11,13H2,(H,24,25)/b23-12-/t14-/m0/s1. The lowest BCUT2D eigenvalue weighted by atomic mass is 9.97. The van der Waals surface area contributed by atoms with E-state index in [1.165, 1.54) is 0 Å². The fraction of sp³-hybridized carbons (Fsp3) is 0.238. The second-order valence-electron chi connectivity index (χ2n) is 7.09. The molecule has 3 aromatic rings. The highest BCUT2D eigenvalue weighted by atomic mass is 35.5. The molecule has 1 amide bonds. The molecule has 0 bridgehead atoms. The summed E-state index contributed by atoms with van der Waals surface area (Å²) in [6.07, 6.45) is 2.33. The summed E-state index contributed by atoms with van der Waals surface area (Å²) in [5.41, 5.74) is 3.41. The number of halogens is 1. The van der Waals surface area contributed by atoms with Gasteiger partial charge in [0.25, 0.3) is 0 Å². The molecule has 28 heavy (non-hydrogen) atoms. The number of fused-ring (bicyclic) bond motifs is 2. The number of rotatable bonds is 4. The van der Waals surface area contributed by atoms with Crippen LogP contribution in [0.1, 0.15) is 18.4 Å². The molecule has 0 unspecified atom stereocenters. The first-order valence-corrected chi connectivity index (χ1v) is 11.3. The van der Waals surface area contributed by atoms with Crippen molar-refractivity contribution < 1.29 is 13.2 Å². The predicted molar refractivity (Wildman–Crippen MR) is 114 cm³/mol. The molecule has 1 heterocycles. The molecule has 0 spiro atoms. The number of hydrazone groups is 1. The first-order chi connectivity index (χ1) is 13.4. The average molecular weight is 415 g/mol. The van der Waals surface area contributed by atoms with E-state index in [-0.39, 0.29) is 29.8 Å². The van der Waals surface area contributed by atoms with Gasteiger partial charge in [-0.3, -0.25) is 4.79 Å². The van der Waals surface area contributed by atoms with Crippen molar-refractivity contribution in [3.05, 3.63) is 59.1 Å². The van der Waals surface area contributed by atoms with Gasteiger partial charge in [-0.15, -0.1) is 0 Å². The van der Waals surface area contributed by atoms with Crippen molar-refractivity contribution in [3.63, 3.8) is 0 Å². The number of amides is 1. The van der Waals surface area contributed by atoms with Gasteiger partial charge in [0, 0.05) is 22.8 Å². The topological polar surface area (TPSA) is 75.6 Å². The minimum atomic E-state index is -2.99. The predicted octanol–water partition coefficient (Wildman–Crippen LogP) is 3.92. The fourth-order valence-corrected chi connectivity index (χ4v) is 5.95. The largest absolute Gasteiger partial charge is 0.273 e. The molecule has 1 aliphatic rings. The molecule has 5 nitrogen and oxygen atoms in total. The van der Waals surface area contributed by atoms with Crippen LogP contribution in [-0.4, -0.2) is 32.0 Å². The Labute approximate surface area is 168 Å². The van der Waals surface area contributed by atoms with Gasteiger partial charge in [-0.25, -0.2) is 13.8 Å². The monoisotopic (exact) mass is 414 g/mol. The van der Waals surface area contributed by atoms with Crippen molar-refractivity contribution in [2.24, 2.45) is 11.0 Å². The highest BCUT2D eigenvalue weighted by Crippen LogP contribution is 2.35. The van der Waals surface area contributed by atoms with Crippen molar-refractivity contribution >= 4 is 55.1 Å². The summed E-state index contributed by atoms with van der Waals surface area (Å²) in [5, 5.41) is 8.57. The first-order valence-electron chi connectivity index (χ1n) is 9.06. The van der Waals surface area contributed by atoms with E-state index in [0.29, 0.717) is 11.4 Å². The van der Waals surface area contributed by atoms with Crippen LogP contribution in [0, 0.1) is 5.92 Å². The summed E-state index contributed by atoms with van der Waals surface area (Å²) in [5.74, 6) is -0.161. The molecule has 1 fully saturated rings. The molecule has 3 aromatic carbocycles. The highest BCUT2D eigenvalue weighted by molar-refractivity contribution is 7.91. The second kappa shape index (κ2) is 7.53. The van der Waals surface area contributed by atoms with Crippen LogP contribution in [0.15, 0.2) is 53.6 Å². The Morgan fingerprint density at radius 3 is 2.18 bits per heavy atom. The summed E-state index contributed by atoms with van der Waals surface area (Å²) >= 11 is 6.59. The van der Waals surface area contributed by atoms with Crippen LogP contribution in [0.4, 0.5) is 0 Å². The third-order valence-corrected chi connectivity index (χ3v) is 7.34. The zero-order valence-electron chi connectivity index (χ0n) is 15.1. The summed E-state index contributed by atoms with van der Waals surface area (Å²) < 4.78 is 23.1. The second-order valence-corrected chi connectivity index (χ2v) is 9.69. The minimum Gasteiger partial charge on any atom is -0.273 e. The van der Waals surface area contributed by atoms with E-state index in [1.807, 2.05) is 48.5 Å². The van der Waals surface area contributed by atoms with Gasteiger partial charge < -0.3 is 0 Å². The maximum atomic E-state index is 12.1. The summed E-state index contributed by atoms with van der Waals surface area (Å²) in [6.45, 7) is 0. The third-order valence-electron chi connectivity index (χ3n) is 5.09. The number of benzene rings is 3. The van der Waals surface area contributed by atoms with Gasteiger partial charge in [0.05, 0.1) is 22.7 Å². The van der Waals surface area contributed by atoms with Crippen molar-refractivity contribution in [3.8, 4) is 0 Å². The molecule has 0 saturated carbocycles. The summed E-state index contributed by atoms with van der Waals surface area (Å²) in [4.78, 5) is 12.1. The Morgan fingerprint density at radius 1 is 1.07 bits per heavy atom. The zero-order chi connectivity index (χ0) is 19.7. The fourth-order valence-electron chi connectivity index (χ4n) is 3.76. The number of hydrogen-bond donors (Lipinski definition) is 1. The van der Waals surface area contributed by atoms with Crippen LogP contribution in [0.3, 0.4) is 0 Å². The maximum absolute atomic E-state index is 12.1. The average Bonchev–Trinajstić information content (AvgIpc) is 3.02. The van der Waals surface area contributed by atoms with E-state index in [2.05, 4.69) is 10.5 Å². The lowest BCUT2D eigenvalue weighted by Crippen LogP contribution is -2.21. The van der Waals surface area contributed by atoms with Gasteiger partial charge >= 0.3 is 0 Å². The van der Waals surface area contributed by atoms with Gasteiger partial charge in [0.1, 0.15) is 0 Å². The maximum Gasteiger partial charge on any atom is 0.240 e. The van der Waals surface area contributed by atoms with Crippen molar-refractivity contribution in [1.82, 2.24) is 5.43 Å². The normalized spacial score (nSPS) is 18.8. The molecule has 0 aliphatic carbocycles. The number of sulfone groups is 1. The van der Waals surface area contributed by atoms with E-state index in [0.717, 1.165) is 27.1 Å². The van der Waals surface area contributed by atoms with Crippen LogP contribution in [0.5, 0.6) is 0 Å². The SMILES string of the molecule is O=C(C[C@@H]1CCS(=O)(=O)C1)N/N=C\c1c2ccccc2c(Cl)c2ccccc12. The van der Waals surface area contributed by atoms with Gasteiger partial charge in [-0.1, -0.05) is 60.1 Å². The number of nitrogens with one attached hydrogen (secondary N) is 1. The molecular formula is C21H19ClN2O3S. The molecule has 1 aliphatic heterocycles. The quantitative estimate of drug-likeness (QED) is 0.399. The van der Waals surface area contributed by atoms with Crippen LogP contribution in [0.2, 0.25) is 5.02 Å². The van der Waals surface area contributed by atoms with Crippen molar-refractivity contribution in [2.75, 3.05) is 11.5 Å². The Hall–Kier alpha value is -2.44. The van der Waals surface area contributed by atoms with E-state index >= 15 is 0 Å². The highest BCUT2D eigenvalue weighted by Gasteiger charge is 2.29. The van der Waals surface area contributed by atoms with Crippen LogP contribution in [-0.2, 0) is 14.6 Å². The lowest BCUT2D eigenvalue weighted by Gasteiger charge is -2.10. The Balaban J connectivity index is 1.60. The van der Waals surface area contributed by atoms with Crippen LogP contribution in [0.25, 0.3) is 21.5 Å². The van der Waals surface area contributed by atoms with Crippen LogP contribution < -0.4 is 5.43 Å². The van der Waals surface area contributed by atoms with E-state index in [4.69, 9.17) is 11.6 Å². The summed E-state index contributed by atoms with van der Waals surface area (Å²) in [6, 6.07) is 15.6. The van der Waals surface area contributed by atoms with Gasteiger partial charge in [0.2, 0.25) is 5.91 Å². The molecular weight excluding hydrogens is 396 g/mol. The molecule has 1 N–H and O–H groups in total. The Morgan fingerprint density at radius 2 is 1.64 bits per heavy atom. The van der Waals surface area contributed by atoms with E-state index < -0.39 is 9.84 Å². The molecule has 4 rings (SSSR count). The van der Waals surface area contributed by atoms with E-state index in [1.54, 1.807) is 6.21 Å². The molecule has 144 valence electrons. The number of hydrogen-bond acceptors (Lipinski definition) is 4. The third kappa shape index (κ3) is 3.75. The Bertz CT molecular complexity index is 1150. The molecule has 1 saturated heterocycles. The van der Waals surface area contributed by atoms with Gasteiger partial charge in [0.15, 0.2) is 9.84 Å². The van der Waals surface area contributed by atoms with E-state index in [9.17, 15) is 13.2 Å². The summed E-state index contributed by atoms with van der Waals surface area (Å²) in [7, 11) is -2.99. The number of nitrogens with zero attached hydrogens (tertiary/aromatic N) is 1. The zero-order valence-corrected chi connectivity index (χ0v) is 16.6. The molecule has 0 aromatic heterocycles. The molecule has 1 atom stereocenters. The Kier molecular flexibility index (Phi) is 5.08. The number of carbonyl (C=O) groups is 1. The number of carbonyl (C=O) groups excluding carboxylic acids is 1. The smallest absolute Gasteiger partial charge is 0.240 e. The minimum absolute atomic E-state index is 0.0800. The van der Waals surface area contributed by atoms with Crippen molar-refractivity contribution in [2.45, 2.75) is 12.8 Å². The van der Waals surface area contributed by atoms with Gasteiger partial charge in [-0.2, -0.15) is 5.10 Å². The van der Waals surface area contributed by atoms with Gasteiger partial charge in [-0.05, 0) is 23.1 Å². The molecule has 0 radical (unpaired) electrons. The van der Waals surface area contributed by atoms with Crippen LogP contribution >= 0.6 is 11.6 Å².